The van der Waals surface area contributed by atoms with E-state index in [4.69, 9.17) is 4.74 Å². The molecule has 7 nitrogen and oxygen atoms in total. The molecule has 1 atom stereocenters. The van der Waals surface area contributed by atoms with Gasteiger partial charge in [-0.25, -0.2) is 0 Å². The Balaban J connectivity index is 1.80. The predicted molar refractivity (Wildman–Crippen MR) is 110 cm³/mol. The monoisotopic (exact) mass is 385 g/mol. The molecule has 0 aromatic heterocycles. The molecule has 7 heteroatoms. The zero-order chi connectivity index (χ0) is 20.5. The summed E-state index contributed by atoms with van der Waals surface area (Å²) in [5, 5.41) is 16.9. The summed E-state index contributed by atoms with van der Waals surface area (Å²) in [5.41, 5.74) is 1.90. The number of methoxy groups -OCH3 is 1. The second-order valence-corrected chi connectivity index (χ2v) is 6.90. The third kappa shape index (κ3) is 6.26. The SMILES string of the molecule is COc1ccc(C(NC(=O)CCCNc2ccc([N+](=O)[O-])cc2)C(C)C)cc1. The summed E-state index contributed by atoms with van der Waals surface area (Å²) in [4.78, 5) is 22.6. The molecule has 0 spiro atoms. The van der Waals surface area contributed by atoms with E-state index in [1.165, 1.54) is 12.1 Å². The summed E-state index contributed by atoms with van der Waals surface area (Å²) in [6, 6.07) is 13.9. The van der Waals surface area contributed by atoms with Crippen LogP contribution >= 0.6 is 0 Å². The molecule has 28 heavy (non-hydrogen) atoms. The molecular weight excluding hydrogens is 358 g/mol. The molecule has 0 radical (unpaired) electrons. The fourth-order valence-electron chi connectivity index (χ4n) is 2.87. The standard InChI is InChI=1S/C21H27N3O4/c1-15(2)21(16-6-12-19(28-3)13-7-16)23-20(25)5-4-14-22-17-8-10-18(11-9-17)24(26)27/h6-13,15,21-22H,4-5,14H2,1-3H3,(H,23,25). The maximum atomic E-state index is 12.3. The van der Waals surface area contributed by atoms with Gasteiger partial charge >= 0.3 is 0 Å². The minimum absolute atomic E-state index is 0.0000163. The first-order valence-electron chi connectivity index (χ1n) is 9.32. The number of nitro groups is 1. The van der Waals surface area contributed by atoms with Crippen LogP contribution in [0.3, 0.4) is 0 Å². The Labute approximate surface area is 165 Å². The van der Waals surface area contributed by atoms with Gasteiger partial charge in [-0.05, 0) is 42.2 Å². The molecule has 0 saturated carbocycles. The van der Waals surface area contributed by atoms with Crippen molar-refractivity contribution in [1.82, 2.24) is 5.32 Å². The molecule has 1 amide bonds. The van der Waals surface area contributed by atoms with Crippen molar-refractivity contribution in [3.05, 3.63) is 64.2 Å². The summed E-state index contributed by atoms with van der Waals surface area (Å²) < 4.78 is 5.18. The summed E-state index contributed by atoms with van der Waals surface area (Å²) in [6.07, 6.45) is 1.07. The molecule has 2 rings (SSSR count). The number of nitro benzene ring substituents is 1. The van der Waals surface area contributed by atoms with Crippen molar-refractivity contribution in [3.63, 3.8) is 0 Å². The van der Waals surface area contributed by atoms with Gasteiger partial charge in [0.2, 0.25) is 5.91 Å². The predicted octanol–water partition coefficient (Wildman–Crippen LogP) is 4.31. The third-order valence-electron chi connectivity index (χ3n) is 4.45. The summed E-state index contributed by atoms with van der Waals surface area (Å²) in [6.45, 7) is 4.76. The van der Waals surface area contributed by atoms with Gasteiger partial charge in [-0.15, -0.1) is 0 Å². The highest BCUT2D eigenvalue weighted by atomic mass is 16.6. The Bertz CT molecular complexity index is 773. The number of hydrogen-bond acceptors (Lipinski definition) is 5. The van der Waals surface area contributed by atoms with Crippen LogP contribution in [0.5, 0.6) is 5.75 Å². The van der Waals surface area contributed by atoms with Crippen LogP contribution in [-0.4, -0.2) is 24.5 Å². The van der Waals surface area contributed by atoms with Crippen molar-refractivity contribution in [2.24, 2.45) is 5.92 Å². The first kappa shape index (κ1) is 21.2. The number of nitrogens with zero attached hydrogens (tertiary/aromatic N) is 1. The largest absolute Gasteiger partial charge is 0.497 e. The van der Waals surface area contributed by atoms with E-state index in [-0.39, 0.29) is 23.6 Å². The molecule has 2 aromatic rings. The second-order valence-electron chi connectivity index (χ2n) is 6.90. The number of hydrogen-bond donors (Lipinski definition) is 2. The van der Waals surface area contributed by atoms with Crippen molar-refractivity contribution in [2.75, 3.05) is 19.0 Å². The minimum Gasteiger partial charge on any atom is -0.497 e. The number of carbonyl (C=O) groups excluding carboxylic acids is 1. The van der Waals surface area contributed by atoms with E-state index in [0.717, 1.165) is 17.0 Å². The van der Waals surface area contributed by atoms with E-state index in [2.05, 4.69) is 24.5 Å². The Morgan fingerprint density at radius 2 is 1.75 bits per heavy atom. The highest BCUT2D eigenvalue weighted by Crippen LogP contribution is 2.24. The molecular formula is C21H27N3O4. The van der Waals surface area contributed by atoms with Crippen molar-refractivity contribution in [2.45, 2.75) is 32.7 Å². The molecule has 0 saturated heterocycles. The van der Waals surface area contributed by atoms with Gasteiger partial charge in [0.1, 0.15) is 5.75 Å². The number of benzene rings is 2. The highest BCUT2D eigenvalue weighted by Gasteiger charge is 2.18. The Morgan fingerprint density at radius 1 is 1.11 bits per heavy atom. The van der Waals surface area contributed by atoms with Gasteiger partial charge in [0.15, 0.2) is 0 Å². The Kier molecular flexibility index (Phi) is 7.80. The lowest BCUT2D eigenvalue weighted by molar-refractivity contribution is -0.384. The van der Waals surface area contributed by atoms with Gasteiger partial charge < -0.3 is 15.4 Å². The third-order valence-corrected chi connectivity index (χ3v) is 4.45. The maximum Gasteiger partial charge on any atom is 0.269 e. The first-order chi connectivity index (χ1) is 13.4. The highest BCUT2D eigenvalue weighted by molar-refractivity contribution is 5.76. The molecule has 0 bridgehead atoms. The van der Waals surface area contributed by atoms with Crippen LogP contribution in [0.1, 0.15) is 38.3 Å². The number of anilines is 1. The van der Waals surface area contributed by atoms with Crippen LogP contribution in [0.25, 0.3) is 0 Å². The van der Waals surface area contributed by atoms with Crippen LogP contribution in [0.2, 0.25) is 0 Å². The lowest BCUT2D eigenvalue weighted by Gasteiger charge is -2.23. The average Bonchev–Trinajstić information content (AvgIpc) is 2.69. The van der Waals surface area contributed by atoms with Crippen molar-refractivity contribution in [1.29, 1.82) is 0 Å². The van der Waals surface area contributed by atoms with E-state index in [0.29, 0.717) is 19.4 Å². The van der Waals surface area contributed by atoms with Crippen molar-refractivity contribution in [3.8, 4) is 5.75 Å². The van der Waals surface area contributed by atoms with Crippen LogP contribution < -0.4 is 15.4 Å². The van der Waals surface area contributed by atoms with Crippen LogP contribution in [0, 0.1) is 16.0 Å². The smallest absolute Gasteiger partial charge is 0.269 e. The van der Waals surface area contributed by atoms with E-state index >= 15 is 0 Å². The van der Waals surface area contributed by atoms with E-state index < -0.39 is 4.92 Å². The normalized spacial score (nSPS) is 11.7. The molecule has 0 fully saturated rings. The number of carbonyl (C=O) groups is 1. The number of nitrogens with one attached hydrogen (secondary N) is 2. The number of rotatable bonds is 10. The molecule has 0 heterocycles. The van der Waals surface area contributed by atoms with Gasteiger partial charge in [-0.3, -0.25) is 14.9 Å². The molecule has 2 N–H and O–H groups in total. The van der Waals surface area contributed by atoms with E-state index in [1.807, 2.05) is 24.3 Å². The van der Waals surface area contributed by atoms with Gasteiger partial charge in [-0.2, -0.15) is 0 Å². The number of amides is 1. The summed E-state index contributed by atoms with van der Waals surface area (Å²) in [7, 11) is 1.63. The average molecular weight is 385 g/mol. The van der Waals surface area contributed by atoms with Crippen LogP contribution in [0.15, 0.2) is 48.5 Å². The molecule has 0 aliphatic heterocycles. The maximum absolute atomic E-state index is 12.3. The molecule has 0 aliphatic carbocycles. The lowest BCUT2D eigenvalue weighted by atomic mass is 9.95. The lowest BCUT2D eigenvalue weighted by Crippen LogP contribution is -2.31. The molecule has 1 unspecified atom stereocenters. The topological polar surface area (TPSA) is 93.5 Å². The molecule has 0 aliphatic rings. The van der Waals surface area contributed by atoms with Gasteiger partial charge in [0, 0.05) is 30.8 Å². The number of non-ortho nitro benzene ring substituents is 1. The second kappa shape index (κ2) is 10.3. The Hall–Kier alpha value is -3.09. The van der Waals surface area contributed by atoms with Crippen LogP contribution in [-0.2, 0) is 4.79 Å². The zero-order valence-corrected chi connectivity index (χ0v) is 16.5. The van der Waals surface area contributed by atoms with Crippen molar-refractivity contribution >= 4 is 17.3 Å². The summed E-state index contributed by atoms with van der Waals surface area (Å²) in [5.74, 6) is 1.05. The van der Waals surface area contributed by atoms with Gasteiger partial charge in [0.05, 0.1) is 18.1 Å². The molecule has 150 valence electrons. The minimum atomic E-state index is -0.428. The fourth-order valence-corrected chi connectivity index (χ4v) is 2.87. The number of ether oxygens (including phenoxy) is 1. The quantitative estimate of drug-likeness (QED) is 0.361. The van der Waals surface area contributed by atoms with Gasteiger partial charge in [-0.1, -0.05) is 26.0 Å². The summed E-state index contributed by atoms with van der Waals surface area (Å²) >= 11 is 0. The van der Waals surface area contributed by atoms with Gasteiger partial charge in [0.25, 0.3) is 5.69 Å². The fraction of sp³-hybridized carbons (Fsp3) is 0.381. The zero-order valence-electron chi connectivity index (χ0n) is 16.5. The van der Waals surface area contributed by atoms with Crippen molar-refractivity contribution < 1.29 is 14.5 Å². The first-order valence-corrected chi connectivity index (χ1v) is 9.32. The molecule has 2 aromatic carbocycles. The van der Waals surface area contributed by atoms with Crippen LogP contribution in [0.4, 0.5) is 11.4 Å². The van der Waals surface area contributed by atoms with E-state index in [9.17, 15) is 14.9 Å². The van der Waals surface area contributed by atoms with E-state index in [1.54, 1.807) is 19.2 Å². The Morgan fingerprint density at radius 3 is 2.29 bits per heavy atom.